The summed E-state index contributed by atoms with van der Waals surface area (Å²) in [7, 11) is 0. The SMILES string of the molecule is C=Cc1cccc2c1CCN[C@H]2CO. The average Bonchev–Trinajstić information content (AvgIpc) is 2.27. The first-order valence-electron chi connectivity index (χ1n) is 4.95. The Morgan fingerprint density at radius 1 is 1.57 bits per heavy atom. The number of rotatable bonds is 2. The van der Waals surface area contributed by atoms with Crippen molar-refractivity contribution in [2.75, 3.05) is 13.2 Å². The van der Waals surface area contributed by atoms with Gasteiger partial charge in [-0.2, -0.15) is 0 Å². The normalized spacial score (nSPS) is 20.2. The summed E-state index contributed by atoms with van der Waals surface area (Å²) < 4.78 is 0. The Bertz CT molecular complexity index is 346. The van der Waals surface area contributed by atoms with Crippen molar-refractivity contribution < 1.29 is 5.11 Å². The molecule has 0 amide bonds. The van der Waals surface area contributed by atoms with Crippen molar-refractivity contribution >= 4 is 6.08 Å². The van der Waals surface area contributed by atoms with Crippen LogP contribution in [0.4, 0.5) is 0 Å². The summed E-state index contributed by atoms with van der Waals surface area (Å²) in [5.74, 6) is 0. The Hall–Kier alpha value is -1.12. The van der Waals surface area contributed by atoms with Crippen LogP contribution in [0, 0.1) is 0 Å². The van der Waals surface area contributed by atoms with Crippen LogP contribution in [-0.4, -0.2) is 18.3 Å². The molecule has 2 heteroatoms. The van der Waals surface area contributed by atoms with Gasteiger partial charge in [-0.25, -0.2) is 0 Å². The van der Waals surface area contributed by atoms with E-state index in [0.717, 1.165) is 13.0 Å². The summed E-state index contributed by atoms with van der Waals surface area (Å²) in [5.41, 5.74) is 3.75. The van der Waals surface area contributed by atoms with Crippen molar-refractivity contribution in [2.45, 2.75) is 12.5 Å². The van der Waals surface area contributed by atoms with Gasteiger partial charge in [-0.1, -0.05) is 30.9 Å². The van der Waals surface area contributed by atoms with Gasteiger partial charge in [-0.3, -0.25) is 0 Å². The molecule has 0 aliphatic carbocycles. The van der Waals surface area contributed by atoms with Crippen LogP contribution in [0.2, 0.25) is 0 Å². The van der Waals surface area contributed by atoms with Gasteiger partial charge in [-0.05, 0) is 29.7 Å². The lowest BCUT2D eigenvalue weighted by molar-refractivity contribution is 0.240. The van der Waals surface area contributed by atoms with E-state index in [0.29, 0.717) is 0 Å². The highest BCUT2D eigenvalue weighted by Gasteiger charge is 2.19. The van der Waals surface area contributed by atoms with Crippen molar-refractivity contribution in [3.8, 4) is 0 Å². The molecular weight excluding hydrogens is 174 g/mol. The summed E-state index contributed by atoms with van der Waals surface area (Å²) >= 11 is 0. The van der Waals surface area contributed by atoms with Crippen LogP contribution in [0.25, 0.3) is 6.08 Å². The molecule has 0 fully saturated rings. The minimum atomic E-state index is 0.0960. The van der Waals surface area contributed by atoms with Crippen LogP contribution in [0.5, 0.6) is 0 Å². The lowest BCUT2D eigenvalue weighted by atomic mass is 9.91. The van der Waals surface area contributed by atoms with Gasteiger partial charge in [0.1, 0.15) is 0 Å². The molecule has 2 N–H and O–H groups in total. The lowest BCUT2D eigenvalue weighted by Crippen LogP contribution is -2.32. The van der Waals surface area contributed by atoms with E-state index in [1.807, 2.05) is 12.1 Å². The van der Waals surface area contributed by atoms with E-state index in [1.54, 1.807) is 0 Å². The van der Waals surface area contributed by atoms with Crippen molar-refractivity contribution in [3.05, 3.63) is 41.5 Å². The maximum atomic E-state index is 9.21. The molecule has 0 bridgehead atoms. The molecule has 0 unspecified atom stereocenters. The number of aliphatic hydroxyl groups is 1. The van der Waals surface area contributed by atoms with E-state index in [1.165, 1.54) is 16.7 Å². The highest BCUT2D eigenvalue weighted by molar-refractivity contribution is 5.55. The van der Waals surface area contributed by atoms with E-state index in [9.17, 15) is 5.11 Å². The number of hydrogen-bond donors (Lipinski definition) is 2. The van der Waals surface area contributed by atoms with Crippen LogP contribution in [-0.2, 0) is 6.42 Å². The molecule has 0 saturated carbocycles. The van der Waals surface area contributed by atoms with E-state index in [2.05, 4.69) is 24.0 Å². The van der Waals surface area contributed by atoms with Crippen molar-refractivity contribution in [1.82, 2.24) is 5.32 Å². The number of aliphatic hydroxyl groups excluding tert-OH is 1. The first-order valence-corrected chi connectivity index (χ1v) is 4.95. The molecule has 0 spiro atoms. The van der Waals surface area contributed by atoms with E-state index in [4.69, 9.17) is 0 Å². The smallest absolute Gasteiger partial charge is 0.0626 e. The molecule has 2 nitrogen and oxygen atoms in total. The van der Waals surface area contributed by atoms with E-state index < -0.39 is 0 Å². The Morgan fingerprint density at radius 2 is 2.43 bits per heavy atom. The molecule has 1 atom stereocenters. The largest absolute Gasteiger partial charge is 0.394 e. The van der Waals surface area contributed by atoms with E-state index >= 15 is 0 Å². The minimum Gasteiger partial charge on any atom is -0.394 e. The van der Waals surface area contributed by atoms with Crippen LogP contribution in [0.3, 0.4) is 0 Å². The summed E-state index contributed by atoms with van der Waals surface area (Å²) in [6.45, 7) is 4.90. The minimum absolute atomic E-state index is 0.0960. The number of benzene rings is 1. The van der Waals surface area contributed by atoms with Crippen LogP contribution < -0.4 is 5.32 Å². The molecule has 1 aliphatic heterocycles. The second-order valence-corrected chi connectivity index (χ2v) is 3.56. The standard InChI is InChI=1S/C12H15NO/c1-2-9-4-3-5-11-10(9)6-7-13-12(11)8-14/h2-5,12-14H,1,6-8H2/t12-/m0/s1. The number of fused-ring (bicyclic) bond motifs is 1. The van der Waals surface area contributed by atoms with Gasteiger partial charge in [0.25, 0.3) is 0 Å². The average molecular weight is 189 g/mol. The quantitative estimate of drug-likeness (QED) is 0.739. The predicted molar refractivity (Wildman–Crippen MR) is 58.1 cm³/mol. The lowest BCUT2D eigenvalue weighted by Gasteiger charge is -2.26. The summed E-state index contributed by atoms with van der Waals surface area (Å²) in [6.07, 6.45) is 2.91. The summed E-state index contributed by atoms with van der Waals surface area (Å²) in [4.78, 5) is 0. The Kier molecular flexibility index (Phi) is 2.66. The second-order valence-electron chi connectivity index (χ2n) is 3.56. The van der Waals surface area contributed by atoms with Gasteiger partial charge in [0.2, 0.25) is 0 Å². The highest BCUT2D eigenvalue weighted by Crippen LogP contribution is 2.25. The molecule has 1 aromatic rings. The molecular formula is C12H15NO. The Labute approximate surface area is 84.3 Å². The zero-order valence-corrected chi connectivity index (χ0v) is 8.16. The zero-order valence-electron chi connectivity index (χ0n) is 8.16. The Morgan fingerprint density at radius 3 is 3.14 bits per heavy atom. The third kappa shape index (κ3) is 1.47. The summed E-state index contributed by atoms with van der Waals surface area (Å²) in [6, 6.07) is 6.27. The zero-order chi connectivity index (χ0) is 9.97. The first-order chi connectivity index (χ1) is 6.86. The molecule has 0 aromatic heterocycles. The molecule has 1 aliphatic rings. The second kappa shape index (κ2) is 3.95. The molecule has 0 saturated heterocycles. The maximum Gasteiger partial charge on any atom is 0.0626 e. The fourth-order valence-electron chi connectivity index (χ4n) is 2.07. The predicted octanol–water partition coefficient (Wildman–Crippen LogP) is 1.51. The van der Waals surface area contributed by atoms with Crippen molar-refractivity contribution in [1.29, 1.82) is 0 Å². The van der Waals surface area contributed by atoms with Crippen LogP contribution in [0.15, 0.2) is 24.8 Å². The van der Waals surface area contributed by atoms with Gasteiger partial charge in [0.05, 0.1) is 12.6 Å². The van der Waals surface area contributed by atoms with Crippen molar-refractivity contribution in [2.24, 2.45) is 0 Å². The maximum absolute atomic E-state index is 9.21. The molecule has 0 radical (unpaired) electrons. The van der Waals surface area contributed by atoms with Crippen LogP contribution in [0.1, 0.15) is 22.7 Å². The van der Waals surface area contributed by atoms with Gasteiger partial charge in [0, 0.05) is 0 Å². The molecule has 2 rings (SSSR count). The molecule has 1 aromatic carbocycles. The number of nitrogens with one attached hydrogen (secondary N) is 1. The van der Waals surface area contributed by atoms with Crippen LogP contribution >= 0.6 is 0 Å². The van der Waals surface area contributed by atoms with Gasteiger partial charge in [0.15, 0.2) is 0 Å². The Balaban J connectivity index is 2.48. The monoisotopic (exact) mass is 189 g/mol. The van der Waals surface area contributed by atoms with Gasteiger partial charge in [-0.15, -0.1) is 0 Å². The molecule has 14 heavy (non-hydrogen) atoms. The third-order valence-corrected chi connectivity index (χ3v) is 2.79. The van der Waals surface area contributed by atoms with E-state index in [-0.39, 0.29) is 12.6 Å². The fourth-order valence-corrected chi connectivity index (χ4v) is 2.07. The highest BCUT2D eigenvalue weighted by atomic mass is 16.3. The number of hydrogen-bond acceptors (Lipinski definition) is 2. The summed E-state index contributed by atoms with van der Waals surface area (Å²) in [5, 5.41) is 12.5. The topological polar surface area (TPSA) is 32.3 Å². The van der Waals surface area contributed by atoms with Crippen molar-refractivity contribution in [3.63, 3.8) is 0 Å². The fraction of sp³-hybridized carbons (Fsp3) is 0.333. The molecule has 1 heterocycles. The van der Waals surface area contributed by atoms with Gasteiger partial charge >= 0.3 is 0 Å². The third-order valence-electron chi connectivity index (χ3n) is 2.79. The van der Waals surface area contributed by atoms with Gasteiger partial charge < -0.3 is 10.4 Å². The first kappa shape index (κ1) is 9.44. The molecule has 74 valence electrons.